The molecule has 0 amide bonds. The van der Waals surface area contributed by atoms with Crippen molar-refractivity contribution < 1.29 is 28.2 Å². The van der Waals surface area contributed by atoms with E-state index in [1.807, 2.05) is 0 Å². The van der Waals surface area contributed by atoms with Gasteiger partial charge in [0.25, 0.3) is 0 Å². The molecule has 0 bridgehead atoms. The number of methoxy groups -OCH3 is 1. The first-order valence-corrected chi connectivity index (χ1v) is 7.55. The van der Waals surface area contributed by atoms with E-state index in [2.05, 4.69) is 36.6 Å². The molecule has 4 nitrogen and oxygen atoms in total. The third kappa shape index (κ3) is 4.59. The van der Waals surface area contributed by atoms with Crippen LogP contribution in [0.4, 0.5) is 8.78 Å². The molecule has 2 aromatic carbocycles. The number of phenolic OH excluding ortho intramolecular Hbond substituents is 1. The summed E-state index contributed by atoms with van der Waals surface area (Å²) in [6.45, 7) is 0. The summed E-state index contributed by atoms with van der Waals surface area (Å²) < 4.78 is 31.3. The molecule has 8 heteroatoms. The molecule has 122 valence electrons. The van der Waals surface area contributed by atoms with Gasteiger partial charge in [-0.1, -0.05) is 0 Å². The number of halogens is 4. The van der Waals surface area contributed by atoms with Crippen LogP contribution in [0.1, 0.15) is 20.7 Å². The fourth-order valence-electron chi connectivity index (χ4n) is 1.48. The molecule has 0 saturated heterocycles. The summed E-state index contributed by atoms with van der Waals surface area (Å²) in [4.78, 5) is 20.6. The van der Waals surface area contributed by atoms with Crippen LogP contribution in [0.15, 0.2) is 33.2 Å². The highest BCUT2D eigenvalue weighted by Gasteiger charge is 2.11. The summed E-state index contributed by atoms with van der Waals surface area (Å²) in [7, 11) is 1.35. The standard InChI is InChI=1S/C8H6BrFO2.C7H4BrFO2/c1-12-7-3-2-6(9)5(4-11)8(7)10;8-5-1-2-6(11)7(9)4(5)3-10/h2-4H,1H3;1-3,11H. The average Bonchev–Trinajstić information content (AvgIpc) is 2.53. The van der Waals surface area contributed by atoms with Gasteiger partial charge in [0.2, 0.25) is 0 Å². The average molecular weight is 452 g/mol. The van der Waals surface area contributed by atoms with E-state index in [1.165, 1.54) is 25.3 Å². The molecular formula is C15H10Br2F2O4. The van der Waals surface area contributed by atoms with Gasteiger partial charge in [0.05, 0.1) is 18.2 Å². The molecule has 0 heterocycles. The first-order valence-electron chi connectivity index (χ1n) is 5.96. The van der Waals surface area contributed by atoms with E-state index in [1.54, 1.807) is 6.07 Å². The topological polar surface area (TPSA) is 63.6 Å². The smallest absolute Gasteiger partial charge is 0.176 e. The minimum atomic E-state index is -0.894. The van der Waals surface area contributed by atoms with Gasteiger partial charge >= 0.3 is 0 Å². The SMILES string of the molecule is COc1ccc(Br)c(C=O)c1F.O=Cc1c(Br)ccc(O)c1F. The van der Waals surface area contributed by atoms with Crippen molar-refractivity contribution in [2.75, 3.05) is 7.11 Å². The maximum absolute atomic E-state index is 13.1. The first-order chi connectivity index (χ1) is 10.9. The second-order valence-corrected chi connectivity index (χ2v) is 5.72. The lowest BCUT2D eigenvalue weighted by molar-refractivity contribution is 0.111. The summed E-state index contributed by atoms with van der Waals surface area (Å²) in [5, 5.41) is 8.80. The number of ether oxygens (including phenoxy) is 1. The highest BCUT2D eigenvalue weighted by atomic mass is 79.9. The molecule has 23 heavy (non-hydrogen) atoms. The number of aldehydes is 2. The Morgan fingerprint density at radius 2 is 1.43 bits per heavy atom. The van der Waals surface area contributed by atoms with E-state index in [0.717, 1.165) is 0 Å². The second kappa shape index (κ2) is 8.73. The number of hydrogen-bond donors (Lipinski definition) is 1. The van der Waals surface area contributed by atoms with Crippen molar-refractivity contribution in [2.24, 2.45) is 0 Å². The fourth-order valence-corrected chi connectivity index (χ4v) is 2.28. The van der Waals surface area contributed by atoms with E-state index in [9.17, 15) is 18.4 Å². The van der Waals surface area contributed by atoms with Crippen LogP contribution in [0.25, 0.3) is 0 Å². The van der Waals surface area contributed by atoms with Crippen molar-refractivity contribution >= 4 is 44.4 Å². The molecule has 0 saturated carbocycles. The van der Waals surface area contributed by atoms with Gasteiger partial charge in [-0.2, -0.15) is 0 Å². The Morgan fingerprint density at radius 3 is 1.87 bits per heavy atom. The molecule has 0 unspecified atom stereocenters. The lowest BCUT2D eigenvalue weighted by Gasteiger charge is -2.03. The first kappa shape index (κ1) is 19.2. The van der Waals surface area contributed by atoms with E-state index in [4.69, 9.17) is 5.11 Å². The third-order valence-electron chi connectivity index (χ3n) is 2.65. The predicted octanol–water partition coefficient (Wildman–Crippen LogP) is 4.52. The quantitative estimate of drug-likeness (QED) is 0.697. The van der Waals surface area contributed by atoms with Crippen molar-refractivity contribution in [1.82, 2.24) is 0 Å². The molecule has 0 aliphatic heterocycles. The predicted molar refractivity (Wildman–Crippen MR) is 87.2 cm³/mol. The van der Waals surface area contributed by atoms with Crippen molar-refractivity contribution in [3.05, 3.63) is 56.0 Å². The van der Waals surface area contributed by atoms with Crippen molar-refractivity contribution in [3.8, 4) is 11.5 Å². The Labute approximate surface area is 147 Å². The fraction of sp³-hybridized carbons (Fsp3) is 0.0667. The van der Waals surface area contributed by atoms with Gasteiger partial charge in [-0.25, -0.2) is 8.78 Å². The molecule has 0 spiro atoms. The van der Waals surface area contributed by atoms with Crippen molar-refractivity contribution in [3.63, 3.8) is 0 Å². The lowest BCUT2D eigenvalue weighted by Crippen LogP contribution is -1.94. The zero-order chi connectivity index (χ0) is 17.6. The van der Waals surface area contributed by atoms with Crippen LogP contribution in [0.3, 0.4) is 0 Å². The van der Waals surface area contributed by atoms with Crippen LogP contribution in [0, 0.1) is 11.6 Å². The van der Waals surface area contributed by atoms with E-state index in [0.29, 0.717) is 21.5 Å². The Morgan fingerprint density at radius 1 is 0.957 bits per heavy atom. The largest absolute Gasteiger partial charge is 0.505 e. The van der Waals surface area contributed by atoms with E-state index < -0.39 is 17.4 Å². The van der Waals surface area contributed by atoms with Crippen molar-refractivity contribution in [2.45, 2.75) is 0 Å². The monoisotopic (exact) mass is 450 g/mol. The van der Waals surface area contributed by atoms with Gasteiger partial charge < -0.3 is 9.84 Å². The van der Waals surface area contributed by atoms with E-state index in [-0.39, 0.29) is 16.9 Å². The third-order valence-corrected chi connectivity index (χ3v) is 4.04. The van der Waals surface area contributed by atoms with Crippen molar-refractivity contribution in [1.29, 1.82) is 0 Å². The molecule has 1 N–H and O–H groups in total. The Hall–Kier alpha value is -1.80. The highest BCUT2D eigenvalue weighted by Crippen LogP contribution is 2.26. The molecule has 0 atom stereocenters. The Balaban J connectivity index is 0.000000231. The van der Waals surface area contributed by atoms with Gasteiger partial charge in [0.1, 0.15) is 0 Å². The molecule has 0 aliphatic carbocycles. The Bertz CT molecular complexity index is 736. The molecular weight excluding hydrogens is 442 g/mol. The molecule has 0 radical (unpaired) electrons. The number of hydrogen-bond acceptors (Lipinski definition) is 4. The van der Waals surface area contributed by atoms with Crippen LogP contribution < -0.4 is 4.74 Å². The molecule has 2 rings (SSSR count). The summed E-state index contributed by atoms with van der Waals surface area (Å²) in [5.41, 5.74) is -0.181. The number of carbonyl (C=O) groups is 2. The summed E-state index contributed by atoms with van der Waals surface area (Å²) in [6, 6.07) is 5.59. The van der Waals surface area contributed by atoms with Gasteiger partial charge in [0, 0.05) is 8.95 Å². The zero-order valence-corrected chi connectivity index (χ0v) is 14.8. The number of aromatic hydroxyl groups is 1. The molecule has 0 fully saturated rings. The summed E-state index contributed by atoms with van der Waals surface area (Å²) in [6.07, 6.45) is 0.793. The second-order valence-electron chi connectivity index (χ2n) is 4.01. The van der Waals surface area contributed by atoms with Crippen LogP contribution in [0.2, 0.25) is 0 Å². The summed E-state index contributed by atoms with van der Waals surface area (Å²) >= 11 is 6.00. The normalized spacial score (nSPS) is 9.61. The highest BCUT2D eigenvalue weighted by molar-refractivity contribution is 9.10. The Kier molecular flexibility index (Phi) is 7.31. The minimum absolute atomic E-state index is 0.0191. The lowest BCUT2D eigenvalue weighted by atomic mass is 10.2. The van der Waals surface area contributed by atoms with Crippen LogP contribution >= 0.6 is 31.9 Å². The molecule has 2 aromatic rings. The van der Waals surface area contributed by atoms with Crippen LogP contribution in [-0.4, -0.2) is 24.8 Å². The van der Waals surface area contributed by atoms with Crippen LogP contribution in [-0.2, 0) is 0 Å². The number of rotatable bonds is 3. The maximum atomic E-state index is 13.1. The minimum Gasteiger partial charge on any atom is -0.505 e. The molecule has 0 aliphatic rings. The van der Waals surface area contributed by atoms with Gasteiger partial charge in [-0.3, -0.25) is 9.59 Å². The van der Waals surface area contributed by atoms with Gasteiger partial charge in [0.15, 0.2) is 35.7 Å². The summed E-state index contributed by atoms with van der Waals surface area (Å²) in [5.74, 6) is -1.98. The van der Waals surface area contributed by atoms with Crippen LogP contribution in [0.5, 0.6) is 11.5 Å². The maximum Gasteiger partial charge on any atom is 0.176 e. The number of phenols is 1. The molecule has 0 aromatic heterocycles. The number of carbonyl (C=O) groups excluding carboxylic acids is 2. The van der Waals surface area contributed by atoms with Gasteiger partial charge in [-0.15, -0.1) is 0 Å². The number of benzene rings is 2. The zero-order valence-electron chi connectivity index (χ0n) is 11.6. The van der Waals surface area contributed by atoms with E-state index >= 15 is 0 Å². The van der Waals surface area contributed by atoms with Gasteiger partial charge in [-0.05, 0) is 56.1 Å².